The van der Waals surface area contributed by atoms with Gasteiger partial charge in [-0.2, -0.15) is 4.98 Å². The van der Waals surface area contributed by atoms with Gasteiger partial charge < -0.3 is 9.30 Å². The maximum Gasteiger partial charge on any atom is 0.245 e. The minimum Gasteiger partial charge on any atom is -0.479 e. The van der Waals surface area contributed by atoms with Crippen LogP contribution >= 0.6 is 11.6 Å². The molecule has 2 rings (SSSR count). The van der Waals surface area contributed by atoms with Gasteiger partial charge in [-0.15, -0.1) is 11.6 Å². The van der Waals surface area contributed by atoms with Crippen LogP contribution in [0.1, 0.15) is 12.7 Å². The predicted octanol–water partition coefficient (Wildman–Crippen LogP) is 1.05. The van der Waals surface area contributed by atoms with Crippen LogP contribution in [0.2, 0.25) is 0 Å². The Morgan fingerprint density at radius 2 is 2.14 bits per heavy atom. The molecule has 116 valence electrons. The third kappa shape index (κ3) is 3.44. The van der Waals surface area contributed by atoms with Gasteiger partial charge in [0, 0.05) is 24.6 Å². The first-order valence-electron chi connectivity index (χ1n) is 6.53. The average molecular weight is 333 g/mol. The van der Waals surface area contributed by atoms with Crippen molar-refractivity contribution in [3.8, 4) is 5.88 Å². The lowest BCUT2D eigenvalue weighted by Gasteiger charge is -2.07. The van der Waals surface area contributed by atoms with Crippen LogP contribution in [-0.2, 0) is 22.8 Å². The average Bonchev–Trinajstić information content (AvgIpc) is 2.83. The second-order valence-electron chi connectivity index (χ2n) is 4.41. The quantitative estimate of drug-likeness (QED) is 0.704. The fraction of sp³-hybridized carbons (Fsp3) is 0.583. The zero-order chi connectivity index (χ0) is 15.5. The highest BCUT2D eigenvalue weighted by Gasteiger charge is 2.17. The molecule has 0 aliphatic carbocycles. The number of fused-ring (bicyclic) bond motifs is 1. The number of hydrogen-bond acceptors (Lipinski definition) is 6. The zero-order valence-corrected chi connectivity index (χ0v) is 13.5. The number of imidazole rings is 1. The Bertz CT molecular complexity index is 729. The van der Waals surface area contributed by atoms with E-state index >= 15 is 0 Å². The fourth-order valence-electron chi connectivity index (χ4n) is 2.00. The third-order valence-electron chi connectivity index (χ3n) is 3.15. The Balaban J connectivity index is 2.46. The summed E-state index contributed by atoms with van der Waals surface area (Å²) in [5, 5.41) is 0. The van der Waals surface area contributed by atoms with Crippen molar-refractivity contribution < 1.29 is 13.2 Å². The van der Waals surface area contributed by atoms with Crippen molar-refractivity contribution in [1.82, 2.24) is 19.5 Å². The summed E-state index contributed by atoms with van der Waals surface area (Å²) >= 11 is 5.79. The van der Waals surface area contributed by atoms with Gasteiger partial charge in [0.2, 0.25) is 5.88 Å². The molecule has 0 unspecified atom stereocenters. The van der Waals surface area contributed by atoms with Gasteiger partial charge in [-0.1, -0.05) is 6.92 Å². The summed E-state index contributed by atoms with van der Waals surface area (Å²) in [4.78, 5) is 12.6. The molecule has 0 fully saturated rings. The highest BCUT2D eigenvalue weighted by molar-refractivity contribution is 7.91. The number of sulfone groups is 1. The molecule has 0 aliphatic rings. The van der Waals surface area contributed by atoms with E-state index in [0.717, 1.165) is 0 Å². The van der Waals surface area contributed by atoms with Gasteiger partial charge in [0.25, 0.3) is 0 Å². The molecule has 9 heteroatoms. The Hall–Kier alpha value is -1.41. The molecule has 0 amide bonds. The molecule has 0 atom stereocenters. The lowest BCUT2D eigenvalue weighted by molar-refractivity contribution is 0.401. The van der Waals surface area contributed by atoms with Gasteiger partial charge in [-0.25, -0.2) is 18.4 Å². The Morgan fingerprint density at radius 3 is 2.76 bits per heavy atom. The van der Waals surface area contributed by atoms with Crippen molar-refractivity contribution in [2.75, 3.05) is 24.5 Å². The second-order valence-corrected chi connectivity index (χ2v) is 7.26. The molecule has 0 saturated heterocycles. The molecule has 2 heterocycles. The van der Waals surface area contributed by atoms with Gasteiger partial charge in [0.1, 0.15) is 12.2 Å². The van der Waals surface area contributed by atoms with Crippen LogP contribution in [0.25, 0.3) is 11.2 Å². The Labute approximate surface area is 128 Å². The van der Waals surface area contributed by atoms with Crippen LogP contribution in [0.4, 0.5) is 0 Å². The summed E-state index contributed by atoms with van der Waals surface area (Å²) in [5.74, 6) is 1.59. The normalized spacial score (nSPS) is 12.0. The van der Waals surface area contributed by atoms with E-state index in [1.54, 1.807) is 11.5 Å². The van der Waals surface area contributed by atoms with Gasteiger partial charge in [-0.05, 0) is 0 Å². The van der Waals surface area contributed by atoms with Gasteiger partial charge in [-0.3, -0.25) is 0 Å². The van der Waals surface area contributed by atoms with Crippen molar-refractivity contribution >= 4 is 32.6 Å². The van der Waals surface area contributed by atoms with E-state index in [4.69, 9.17) is 16.3 Å². The van der Waals surface area contributed by atoms with Crippen molar-refractivity contribution in [2.24, 2.45) is 0 Å². The standard InChI is InChI=1S/C12H17ClN4O3S/c1-3-21(18,19)7-6-17-9(4-5-13)16-10-11(17)14-8-15-12(10)20-2/h8H,3-7H2,1-2H3. The van der Waals surface area contributed by atoms with Crippen molar-refractivity contribution in [3.05, 3.63) is 12.2 Å². The molecule has 7 nitrogen and oxygen atoms in total. The number of aromatic nitrogens is 4. The van der Waals surface area contributed by atoms with E-state index in [0.29, 0.717) is 41.7 Å². The van der Waals surface area contributed by atoms with E-state index < -0.39 is 9.84 Å². The van der Waals surface area contributed by atoms with Crippen LogP contribution in [0.3, 0.4) is 0 Å². The smallest absolute Gasteiger partial charge is 0.245 e. The minimum atomic E-state index is -3.07. The Kier molecular flexibility index (Phi) is 5.00. The predicted molar refractivity (Wildman–Crippen MR) is 80.6 cm³/mol. The summed E-state index contributed by atoms with van der Waals surface area (Å²) < 4.78 is 30.3. The van der Waals surface area contributed by atoms with Gasteiger partial charge >= 0.3 is 0 Å². The number of rotatable bonds is 7. The molecular formula is C12H17ClN4O3S. The molecule has 0 radical (unpaired) electrons. The van der Waals surface area contributed by atoms with Gasteiger partial charge in [0.15, 0.2) is 21.0 Å². The zero-order valence-electron chi connectivity index (χ0n) is 11.9. The van der Waals surface area contributed by atoms with E-state index in [-0.39, 0.29) is 11.5 Å². The summed E-state index contributed by atoms with van der Waals surface area (Å²) in [6.07, 6.45) is 1.89. The highest BCUT2D eigenvalue weighted by Crippen LogP contribution is 2.22. The first-order valence-corrected chi connectivity index (χ1v) is 8.88. The lowest BCUT2D eigenvalue weighted by Crippen LogP contribution is -2.16. The molecule has 0 aliphatic heterocycles. The van der Waals surface area contributed by atoms with Crippen molar-refractivity contribution in [1.29, 1.82) is 0 Å². The van der Waals surface area contributed by atoms with Gasteiger partial charge in [0.05, 0.1) is 12.9 Å². The van der Waals surface area contributed by atoms with Crippen molar-refractivity contribution in [2.45, 2.75) is 19.9 Å². The minimum absolute atomic E-state index is 0.0383. The van der Waals surface area contributed by atoms with Crippen LogP contribution in [0.5, 0.6) is 5.88 Å². The summed E-state index contributed by atoms with van der Waals surface area (Å²) in [6.45, 7) is 1.92. The van der Waals surface area contributed by atoms with E-state index in [1.807, 2.05) is 0 Å². The van der Waals surface area contributed by atoms with Crippen LogP contribution < -0.4 is 4.74 Å². The number of ether oxygens (including phenoxy) is 1. The number of hydrogen-bond donors (Lipinski definition) is 0. The van der Waals surface area contributed by atoms with E-state index in [2.05, 4.69) is 15.0 Å². The fourth-order valence-corrected chi connectivity index (χ4v) is 2.91. The van der Waals surface area contributed by atoms with E-state index in [9.17, 15) is 8.42 Å². The van der Waals surface area contributed by atoms with Crippen LogP contribution in [0, 0.1) is 0 Å². The molecule has 0 bridgehead atoms. The molecule has 0 spiro atoms. The van der Waals surface area contributed by atoms with Crippen LogP contribution in [0.15, 0.2) is 6.33 Å². The summed E-state index contributed by atoms with van der Waals surface area (Å²) in [7, 11) is -1.56. The largest absolute Gasteiger partial charge is 0.479 e. The maximum atomic E-state index is 11.7. The maximum absolute atomic E-state index is 11.7. The third-order valence-corrected chi connectivity index (χ3v) is 5.03. The first kappa shape index (κ1) is 16.0. The number of halogens is 1. The monoisotopic (exact) mass is 332 g/mol. The number of nitrogens with zero attached hydrogens (tertiary/aromatic N) is 4. The SMILES string of the molecule is CCS(=O)(=O)CCn1c(CCCl)nc2c(OC)ncnc21. The summed E-state index contributed by atoms with van der Waals surface area (Å²) in [6, 6.07) is 0. The highest BCUT2D eigenvalue weighted by atomic mass is 35.5. The molecule has 0 aromatic carbocycles. The Morgan fingerprint density at radius 1 is 1.38 bits per heavy atom. The topological polar surface area (TPSA) is 87.0 Å². The lowest BCUT2D eigenvalue weighted by atomic mass is 10.4. The second kappa shape index (κ2) is 6.57. The number of aryl methyl sites for hydroxylation is 2. The summed E-state index contributed by atoms with van der Waals surface area (Å²) in [5.41, 5.74) is 1.09. The van der Waals surface area contributed by atoms with Crippen molar-refractivity contribution in [3.63, 3.8) is 0 Å². The molecular weight excluding hydrogens is 316 g/mol. The first-order chi connectivity index (χ1) is 10.0. The molecule has 2 aromatic heterocycles. The number of alkyl halides is 1. The molecule has 21 heavy (non-hydrogen) atoms. The van der Waals surface area contributed by atoms with Crippen LogP contribution in [-0.4, -0.2) is 52.4 Å². The molecule has 2 aromatic rings. The molecule has 0 N–H and O–H groups in total. The molecule has 0 saturated carbocycles. The number of methoxy groups -OCH3 is 1. The van der Waals surface area contributed by atoms with E-state index in [1.165, 1.54) is 13.4 Å².